The van der Waals surface area contributed by atoms with Crippen LogP contribution in [-0.2, 0) is 0 Å². The van der Waals surface area contributed by atoms with Crippen molar-refractivity contribution in [2.24, 2.45) is 0 Å². The van der Waals surface area contributed by atoms with Gasteiger partial charge in [-0.15, -0.1) is 11.3 Å². The molecule has 2 aromatic heterocycles. The number of allylic oxidation sites excluding steroid dienone is 1. The molecular formula is C13H8N2O2S. The highest BCUT2D eigenvalue weighted by Gasteiger charge is 2.11. The van der Waals surface area contributed by atoms with Crippen molar-refractivity contribution in [1.82, 2.24) is 0 Å². The SMILES string of the molecule is COc1ccsc1-c1ccc(C=C(C#N)C#N)o1. The Balaban J connectivity index is 2.36. The number of hydrogen-bond acceptors (Lipinski definition) is 5. The predicted molar refractivity (Wildman–Crippen MR) is 67.8 cm³/mol. The summed E-state index contributed by atoms with van der Waals surface area (Å²) < 4.78 is 10.8. The quantitative estimate of drug-likeness (QED) is 0.788. The summed E-state index contributed by atoms with van der Waals surface area (Å²) >= 11 is 1.50. The molecule has 0 atom stereocenters. The Hall–Kier alpha value is -2.50. The molecule has 0 aliphatic rings. The van der Waals surface area contributed by atoms with Gasteiger partial charge >= 0.3 is 0 Å². The Labute approximate surface area is 108 Å². The van der Waals surface area contributed by atoms with Gasteiger partial charge in [-0.25, -0.2) is 0 Å². The fraction of sp³-hybridized carbons (Fsp3) is 0.0769. The summed E-state index contributed by atoms with van der Waals surface area (Å²) in [6.07, 6.45) is 1.41. The summed E-state index contributed by atoms with van der Waals surface area (Å²) in [5.41, 5.74) is 0.00837. The maximum absolute atomic E-state index is 8.66. The molecule has 2 heterocycles. The van der Waals surface area contributed by atoms with Crippen LogP contribution in [0.15, 0.2) is 33.6 Å². The van der Waals surface area contributed by atoms with E-state index < -0.39 is 0 Å². The lowest BCUT2D eigenvalue weighted by molar-refractivity contribution is 0.416. The van der Waals surface area contributed by atoms with Crippen LogP contribution >= 0.6 is 11.3 Å². The minimum Gasteiger partial charge on any atom is -0.495 e. The van der Waals surface area contributed by atoms with E-state index in [2.05, 4.69) is 0 Å². The number of thiophene rings is 1. The van der Waals surface area contributed by atoms with Crippen LogP contribution in [0.25, 0.3) is 16.7 Å². The van der Waals surface area contributed by atoms with E-state index in [4.69, 9.17) is 19.7 Å². The van der Waals surface area contributed by atoms with Crippen LogP contribution in [0.3, 0.4) is 0 Å². The Kier molecular flexibility index (Phi) is 3.47. The van der Waals surface area contributed by atoms with E-state index >= 15 is 0 Å². The van der Waals surface area contributed by atoms with E-state index in [0.29, 0.717) is 11.5 Å². The summed E-state index contributed by atoms with van der Waals surface area (Å²) in [6, 6.07) is 8.92. The number of ether oxygens (including phenoxy) is 1. The van der Waals surface area contributed by atoms with Crippen LogP contribution in [0.5, 0.6) is 5.75 Å². The van der Waals surface area contributed by atoms with E-state index in [1.807, 2.05) is 11.4 Å². The number of nitrogens with zero attached hydrogens (tertiary/aromatic N) is 2. The molecule has 2 rings (SSSR count). The molecule has 18 heavy (non-hydrogen) atoms. The molecule has 4 nitrogen and oxygen atoms in total. The average Bonchev–Trinajstić information content (AvgIpc) is 3.03. The van der Waals surface area contributed by atoms with E-state index in [9.17, 15) is 0 Å². The molecule has 0 saturated heterocycles. The summed E-state index contributed by atoms with van der Waals surface area (Å²) in [5, 5.41) is 19.2. The van der Waals surface area contributed by atoms with Gasteiger partial charge in [-0.2, -0.15) is 10.5 Å². The van der Waals surface area contributed by atoms with Gasteiger partial charge in [-0.3, -0.25) is 0 Å². The number of rotatable bonds is 3. The van der Waals surface area contributed by atoms with E-state index in [1.165, 1.54) is 17.4 Å². The molecule has 0 aliphatic carbocycles. The van der Waals surface area contributed by atoms with Crippen LogP contribution < -0.4 is 4.74 Å². The molecule has 0 unspecified atom stereocenters. The third kappa shape index (κ3) is 2.27. The topological polar surface area (TPSA) is 69.9 Å². The normalized spacial score (nSPS) is 9.28. The summed E-state index contributed by atoms with van der Waals surface area (Å²) in [7, 11) is 1.60. The van der Waals surface area contributed by atoms with Crippen LogP contribution in [0, 0.1) is 22.7 Å². The van der Waals surface area contributed by atoms with Crippen molar-refractivity contribution in [2.45, 2.75) is 0 Å². The number of hydrogen-bond donors (Lipinski definition) is 0. The Morgan fingerprint density at radius 3 is 2.78 bits per heavy atom. The number of methoxy groups -OCH3 is 1. The monoisotopic (exact) mass is 256 g/mol. The molecule has 0 fully saturated rings. The zero-order chi connectivity index (χ0) is 13.0. The second kappa shape index (κ2) is 5.22. The van der Waals surface area contributed by atoms with Crippen molar-refractivity contribution in [1.29, 1.82) is 10.5 Å². The lowest BCUT2D eigenvalue weighted by Crippen LogP contribution is -1.80. The fourth-order valence-electron chi connectivity index (χ4n) is 1.42. The molecule has 0 amide bonds. The molecular weight excluding hydrogens is 248 g/mol. The standard InChI is InChI=1S/C13H8N2O2S/c1-16-11-4-5-18-13(11)12-3-2-10(17-12)6-9(7-14)8-15/h2-6H,1H3. The third-order valence-electron chi connectivity index (χ3n) is 2.23. The van der Waals surface area contributed by atoms with Crippen molar-refractivity contribution < 1.29 is 9.15 Å². The van der Waals surface area contributed by atoms with Gasteiger partial charge in [-0.1, -0.05) is 0 Å². The van der Waals surface area contributed by atoms with Crippen molar-refractivity contribution in [2.75, 3.05) is 7.11 Å². The molecule has 0 aromatic carbocycles. The molecule has 5 heteroatoms. The lowest BCUT2D eigenvalue weighted by Gasteiger charge is -1.98. The predicted octanol–water partition coefficient (Wildman–Crippen LogP) is 3.45. The van der Waals surface area contributed by atoms with Crippen molar-refractivity contribution in [3.63, 3.8) is 0 Å². The molecule has 0 radical (unpaired) electrons. The minimum atomic E-state index is 0.00837. The first-order chi connectivity index (χ1) is 8.78. The molecule has 2 aromatic rings. The Morgan fingerprint density at radius 2 is 2.11 bits per heavy atom. The molecule has 0 N–H and O–H groups in total. The van der Waals surface area contributed by atoms with Crippen LogP contribution in [0.2, 0.25) is 0 Å². The molecule has 0 spiro atoms. The number of nitriles is 2. The molecule has 0 aliphatic heterocycles. The van der Waals surface area contributed by atoms with E-state index in [1.54, 1.807) is 31.4 Å². The maximum Gasteiger partial charge on any atom is 0.148 e. The zero-order valence-corrected chi connectivity index (χ0v) is 10.3. The van der Waals surface area contributed by atoms with E-state index in [-0.39, 0.29) is 5.57 Å². The molecule has 0 saturated carbocycles. The second-order valence-corrected chi connectivity index (χ2v) is 4.22. The smallest absolute Gasteiger partial charge is 0.148 e. The van der Waals surface area contributed by atoms with Gasteiger partial charge < -0.3 is 9.15 Å². The van der Waals surface area contributed by atoms with Crippen LogP contribution in [0.1, 0.15) is 5.76 Å². The first-order valence-electron chi connectivity index (χ1n) is 5.02. The second-order valence-electron chi connectivity index (χ2n) is 3.30. The van der Waals surface area contributed by atoms with Crippen LogP contribution in [-0.4, -0.2) is 7.11 Å². The highest BCUT2D eigenvalue weighted by molar-refractivity contribution is 7.13. The lowest BCUT2D eigenvalue weighted by atomic mass is 10.2. The zero-order valence-electron chi connectivity index (χ0n) is 9.51. The van der Waals surface area contributed by atoms with Gasteiger partial charge in [0.05, 0.1) is 7.11 Å². The van der Waals surface area contributed by atoms with Gasteiger partial charge in [0.25, 0.3) is 0 Å². The largest absolute Gasteiger partial charge is 0.495 e. The maximum atomic E-state index is 8.66. The Morgan fingerprint density at radius 1 is 1.33 bits per heavy atom. The number of furan rings is 1. The van der Waals surface area contributed by atoms with Crippen molar-refractivity contribution in [3.8, 4) is 28.5 Å². The third-order valence-corrected chi connectivity index (χ3v) is 3.14. The van der Waals surface area contributed by atoms with Gasteiger partial charge in [0.1, 0.15) is 39.9 Å². The minimum absolute atomic E-state index is 0.00837. The highest BCUT2D eigenvalue weighted by atomic mass is 32.1. The van der Waals surface area contributed by atoms with Crippen molar-refractivity contribution >= 4 is 17.4 Å². The summed E-state index contributed by atoms with van der Waals surface area (Å²) in [5.74, 6) is 1.87. The van der Waals surface area contributed by atoms with Gasteiger partial charge in [-0.05, 0) is 23.6 Å². The summed E-state index contributed by atoms with van der Waals surface area (Å²) in [6.45, 7) is 0. The van der Waals surface area contributed by atoms with Gasteiger partial charge in [0.2, 0.25) is 0 Å². The van der Waals surface area contributed by atoms with Crippen LogP contribution in [0.4, 0.5) is 0 Å². The Bertz CT molecular complexity index is 652. The van der Waals surface area contributed by atoms with Gasteiger partial charge in [0, 0.05) is 6.08 Å². The van der Waals surface area contributed by atoms with Crippen molar-refractivity contribution in [3.05, 3.63) is 34.9 Å². The molecule has 0 bridgehead atoms. The molecule has 88 valence electrons. The average molecular weight is 256 g/mol. The first-order valence-corrected chi connectivity index (χ1v) is 5.90. The van der Waals surface area contributed by atoms with E-state index in [0.717, 1.165) is 10.6 Å². The van der Waals surface area contributed by atoms with Gasteiger partial charge in [0.15, 0.2) is 0 Å². The fourth-order valence-corrected chi connectivity index (χ4v) is 2.24. The first kappa shape index (κ1) is 12.0. The summed E-state index contributed by atoms with van der Waals surface area (Å²) in [4.78, 5) is 0.882. The highest BCUT2D eigenvalue weighted by Crippen LogP contribution is 2.36.